The van der Waals surface area contributed by atoms with Crippen LogP contribution in [0.1, 0.15) is 102 Å². The van der Waals surface area contributed by atoms with Gasteiger partial charge in [0.1, 0.15) is 29.3 Å². The fourth-order valence-electron chi connectivity index (χ4n) is 7.23. The minimum absolute atomic E-state index is 0.0775. The first-order valence-corrected chi connectivity index (χ1v) is 21.8. The molecule has 0 unspecified atom stereocenters. The van der Waals surface area contributed by atoms with Gasteiger partial charge in [0.05, 0.1) is 31.1 Å². The van der Waals surface area contributed by atoms with Crippen LogP contribution in [0.3, 0.4) is 0 Å². The molecule has 1 aliphatic rings. The van der Waals surface area contributed by atoms with Gasteiger partial charge in [-0.15, -0.1) is 4.40 Å². The third-order valence-electron chi connectivity index (χ3n) is 10.1. The van der Waals surface area contributed by atoms with Gasteiger partial charge < -0.3 is 35.5 Å². The van der Waals surface area contributed by atoms with Crippen molar-refractivity contribution < 1.29 is 41.8 Å². The monoisotopic (exact) mass is 839 g/mol. The number of hydrogen-bond acceptors (Lipinski definition) is 9. The summed E-state index contributed by atoms with van der Waals surface area (Å²) in [4.78, 5) is 55.4. The van der Waals surface area contributed by atoms with E-state index in [9.17, 15) is 27.6 Å². The minimum Gasteiger partial charge on any atom is -0.496 e. The molecule has 326 valence electrons. The number of hydrogen-bond donors (Lipinski definition) is 3. The van der Waals surface area contributed by atoms with Crippen LogP contribution in [0.5, 0.6) is 5.75 Å². The molecule has 0 aliphatic carbocycles. The number of sulfonamides is 1. The second kappa shape index (κ2) is 21.9. The Labute approximate surface area is 350 Å². The first-order valence-electron chi connectivity index (χ1n) is 20.3. The zero-order valence-corrected chi connectivity index (χ0v) is 37.2. The number of esters is 1. The van der Waals surface area contributed by atoms with Gasteiger partial charge in [0.25, 0.3) is 10.0 Å². The van der Waals surface area contributed by atoms with E-state index in [-0.39, 0.29) is 35.4 Å². The summed E-state index contributed by atoms with van der Waals surface area (Å²) in [6, 6.07) is 9.03. The highest BCUT2D eigenvalue weighted by molar-refractivity contribution is 7.90. The lowest BCUT2D eigenvalue weighted by Crippen LogP contribution is -2.52. The van der Waals surface area contributed by atoms with E-state index in [1.807, 2.05) is 56.3 Å². The third kappa shape index (κ3) is 14.7. The molecule has 0 bridgehead atoms. The first kappa shape index (κ1) is 48.4. The molecule has 1 saturated heterocycles. The van der Waals surface area contributed by atoms with Crippen LogP contribution >= 0.6 is 0 Å². The molecule has 2 aromatic rings. The number of rotatable bonds is 19. The van der Waals surface area contributed by atoms with Crippen molar-refractivity contribution >= 4 is 39.7 Å². The summed E-state index contributed by atoms with van der Waals surface area (Å²) in [6.45, 7) is 15.0. The van der Waals surface area contributed by atoms with Crippen LogP contribution in [-0.4, -0.2) is 87.5 Å². The summed E-state index contributed by atoms with van der Waals surface area (Å²) in [5, 5.41) is 5.74. The van der Waals surface area contributed by atoms with E-state index >= 15 is 0 Å². The average Bonchev–Trinajstić information content (AvgIpc) is 3.65. The van der Waals surface area contributed by atoms with Crippen LogP contribution in [0.25, 0.3) is 0 Å². The molecule has 0 radical (unpaired) electrons. The lowest BCUT2D eigenvalue weighted by atomic mass is 9.95. The van der Waals surface area contributed by atoms with Gasteiger partial charge in [0, 0.05) is 13.0 Å². The highest BCUT2D eigenvalue weighted by Crippen LogP contribution is 2.32. The van der Waals surface area contributed by atoms with Crippen molar-refractivity contribution in [3.05, 3.63) is 70.8 Å². The Bertz CT molecular complexity index is 1940. The third-order valence-corrected chi connectivity index (χ3v) is 11.7. The average molecular weight is 840 g/mol. The molecular formula is C44H65N5O9S. The molecule has 1 aliphatic heterocycles. The van der Waals surface area contributed by atoms with E-state index in [4.69, 9.17) is 19.9 Å². The van der Waals surface area contributed by atoms with Crippen molar-refractivity contribution in [1.29, 1.82) is 0 Å². The van der Waals surface area contributed by atoms with Crippen LogP contribution in [0, 0.1) is 32.6 Å². The van der Waals surface area contributed by atoms with Crippen LogP contribution in [0.2, 0.25) is 0 Å². The number of carbonyl (C=O) groups is 4. The molecule has 15 heteroatoms. The summed E-state index contributed by atoms with van der Waals surface area (Å²) in [5.41, 5.74) is 8.07. The standard InChI is InChI=1S/C44H65N5O9S/c1-28(2)25-34(46-43(53)58-44(6,7)8)23-22-33(27-32-17-12-11-13-18-32)41(51)49-24-16-20-36(49)40(50)47-35(42(52)57-10)19-14-15-21-38(45)48-59(54,55)39-29(3)26-37(56-9)30(4)31(39)5/h11-13,17-18,22-23,26,28,33-36H,14-16,19-21,24-25,27H2,1-10H3,(H2,45,48)(H,46,53)(H,47,50)/b23-22+/t33-,34-,35+,36+/m1/s1. The molecule has 2 aromatic carbocycles. The molecule has 3 rings (SSSR count). The van der Waals surface area contributed by atoms with Crippen molar-refractivity contribution in [2.24, 2.45) is 22.0 Å². The van der Waals surface area contributed by atoms with Crippen LogP contribution < -0.4 is 21.1 Å². The topological polar surface area (TPSA) is 196 Å². The lowest BCUT2D eigenvalue weighted by molar-refractivity contribution is -0.146. The summed E-state index contributed by atoms with van der Waals surface area (Å²) < 4.78 is 46.3. The van der Waals surface area contributed by atoms with Crippen molar-refractivity contribution in [2.75, 3.05) is 20.8 Å². The van der Waals surface area contributed by atoms with E-state index in [0.717, 1.165) is 5.56 Å². The Balaban J connectivity index is 1.73. The van der Waals surface area contributed by atoms with Gasteiger partial charge in [-0.2, -0.15) is 8.42 Å². The quantitative estimate of drug-likeness (QED) is 0.0480. The lowest BCUT2D eigenvalue weighted by Gasteiger charge is -2.29. The Hall–Kier alpha value is -4.92. The van der Waals surface area contributed by atoms with Gasteiger partial charge >= 0.3 is 12.1 Å². The number of nitrogens with one attached hydrogen (secondary N) is 2. The molecule has 0 saturated carbocycles. The number of aryl methyl sites for hydroxylation is 1. The molecule has 0 aromatic heterocycles. The van der Waals surface area contributed by atoms with Gasteiger partial charge in [-0.05, 0) is 114 Å². The normalized spacial score (nSPS) is 16.4. The number of benzene rings is 2. The summed E-state index contributed by atoms with van der Waals surface area (Å²) in [7, 11) is -1.35. The number of nitrogens with zero attached hydrogens (tertiary/aromatic N) is 2. The van der Waals surface area contributed by atoms with E-state index < -0.39 is 57.6 Å². The molecule has 0 spiro atoms. The molecule has 14 nitrogen and oxygen atoms in total. The second-order valence-corrected chi connectivity index (χ2v) is 18.2. The number of unbranched alkanes of at least 4 members (excludes halogenated alkanes) is 1. The maximum Gasteiger partial charge on any atom is 0.408 e. The van der Waals surface area contributed by atoms with Crippen molar-refractivity contribution in [2.45, 2.75) is 135 Å². The smallest absolute Gasteiger partial charge is 0.408 e. The van der Waals surface area contributed by atoms with Gasteiger partial charge in [-0.1, -0.05) is 62.8 Å². The SMILES string of the molecule is COC(=O)[C@H](CCCCC(N)=NS(=O)(=O)c1c(C)cc(OC)c(C)c1C)NC(=O)[C@@H]1CCCN1C(=O)[C@H](/C=C/[C@H](CC(C)C)NC(=O)OC(C)(C)C)Cc1ccccc1. The Morgan fingerprint density at radius 3 is 2.29 bits per heavy atom. The fraction of sp³-hybridized carbons (Fsp3) is 0.568. The van der Waals surface area contributed by atoms with Crippen molar-refractivity contribution in [3.8, 4) is 5.75 Å². The second-order valence-electron chi connectivity index (χ2n) is 16.6. The molecule has 59 heavy (non-hydrogen) atoms. The van der Waals surface area contributed by atoms with Gasteiger partial charge in [-0.25, -0.2) is 9.59 Å². The molecule has 1 heterocycles. The van der Waals surface area contributed by atoms with Crippen molar-refractivity contribution in [1.82, 2.24) is 15.5 Å². The number of amides is 3. The fourth-order valence-corrected chi connectivity index (χ4v) is 8.73. The predicted octanol–water partition coefficient (Wildman–Crippen LogP) is 6.23. The van der Waals surface area contributed by atoms with E-state index in [1.54, 1.807) is 52.5 Å². The van der Waals surface area contributed by atoms with Gasteiger partial charge in [0.2, 0.25) is 11.8 Å². The summed E-state index contributed by atoms with van der Waals surface area (Å²) >= 11 is 0. The molecular weight excluding hydrogens is 775 g/mol. The predicted molar refractivity (Wildman–Crippen MR) is 229 cm³/mol. The number of carbonyl (C=O) groups excluding carboxylic acids is 4. The number of amidine groups is 1. The van der Waals surface area contributed by atoms with Gasteiger partial charge in [-0.3, -0.25) is 9.59 Å². The molecule has 4 atom stereocenters. The van der Waals surface area contributed by atoms with Crippen LogP contribution in [0.4, 0.5) is 4.79 Å². The summed E-state index contributed by atoms with van der Waals surface area (Å²) in [6.07, 6.45) is 6.21. The Kier molecular flexibility index (Phi) is 18.0. The van der Waals surface area contributed by atoms with Crippen molar-refractivity contribution in [3.63, 3.8) is 0 Å². The Morgan fingerprint density at radius 2 is 1.68 bits per heavy atom. The number of methoxy groups -OCH3 is 2. The van der Waals surface area contributed by atoms with E-state index in [1.165, 1.54) is 14.2 Å². The Morgan fingerprint density at radius 1 is 1.00 bits per heavy atom. The molecule has 1 fully saturated rings. The molecule has 4 N–H and O–H groups in total. The minimum atomic E-state index is -4.11. The van der Waals surface area contributed by atoms with Crippen LogP contribution in [-0.2, 0) is 40.3 Å². The zero-order valence-electron chi connectivity index (χ0n) is 36.4. The highest BCUT2D eigenvalue weighted by Gasteiger charge is 2.38. The zero-order chi connectivity index (χ0) is 44.1. The number of likely N-dealkylation sites (tertiary alicyclic amines) is 1. The number of nitrogens with two attached hydrogens (primary N) is 1. The van der Waals surface area contributed by atoms with E-state index in [2.05, 4.69) is 15.0 Å². The van der Waals surface area contributed by atoms with Gasteiger partial charge in [0.15, 0.2) is 0 Å². The first-order chi connectivity index (χ1) is 27.7. The number of alkyl carbamates (subject to hydrolysis) is 1. The van der Waals surface area contributed by atoms with E-state index in [0.29, 0.717) is 67.5 Å². The maximum absolute atomic E-state index is 14.4. The number of ether oxygens (including phenoxy) is 3. The molecule has 3 amide bonds. The maximum atomic E-state index is 14.4. The largest absolute Gasteiger partial charge is 0.496 e. The van der Waals surface area contributed by atoms with Crippen LogP contribution in [0.15, 0.2) is 57.8 Å². The highest BCUT2D eigenvalue weighted by atomic mass is 32.2. The summed E-state index contributed by atoms with van der Waals surface area (Å²) in [5.74, 6) is -1.25.